The Morgan fingerprint density at radius 2 is 2.19 bits per heavy atom. The van der Waals surface area contributed by atoms with Gasteiger partial charge in [0.15, 0.2) is 0 Å². The lowest BCUT2D eigenvalue weighted by Gasteiger charge is -2.11. The van der Waals surface area contributed by atoms with Crippen LogP contribution in [0.2, 0.25) is 0 Å². The smallest absolute Gasteiger partial charge is 0.248 e. The first-order valence-corrected chi connectivity index (χ1v) is 5.76. The summed E-state index contributed by atoms with van der Waals surface area (Å²) in [4.78, 5) is 13.8. The third kappa shape index (κ3) is 1.71. The lowest BCUT2D eigenvalue weighted by molar-refractivity contribution is -0.119. The number of aryl methyl sites for hydroxylation is 1. The number of carbonyl (C=O) groups excluding carboxylic acids is 1. The molecule has 1 aliphatic heterocycles. The van der Waals surface area contributed by atoms with Crippen LogP contribution in [0.25, 0.3) is 0 Å². The molecule has 0 aliphatic carbocycles. The van der Waals surface area contributed by atoms with Crippen LogP contribution in [0.3, 0.4) is 0 Å². The molecule has 0 spiro atoms. The van der Waals surface area contributed by atoms with Gasteiger partial charge in [0.25, 0.3) is 0 Å². The van der Waals surface area contributed by atoms with E-state index in [-0.39, 0.29) is 11.9 Å². The van der Waals surface area contributed by atoms with Crippen molar-refractivity contribution in [3.8, 4) is 0 Å². The van der Waals surface area contributed by atoms with Crippen LogP contribution in [0.4, 0.5) is 5.69 Å². The van der Waals surface area contributed by atoms with Crippen LogP contribution in [0.1, 0.15) is 30.5 Å². The third-order valence-electron chi connectivity index (χ3n) is 3.03. The lowest BCUT2D eigenvalue weighted by atomic mass is 10.1. The van der Waals surface area contributed by atoms with Crippen LogP contribution >= 0.6 is 0 Å². The molecule has 0 bridgehead atoms. The maximum atomic E-state index is 12.0. The Hall–Kier alpha value is -1.35. The average Bonchev–Trinajstić information content (AvgIpc) is 2.50. The molecule has 2 rings (SSSR count). The maximum absolute atomic E-state index is 12.0. The number of benzene rings is 1. The molecule has 3 nitrogen and oxygen atoms in total. The van der Waals surface area contributed by atoms with Gasteiger partial charge in [-0.05, 0) is 26.0 Å². The predicted octanol–water partition coefficient (Wildman–Crippen LogP) is 2.01. The van der Waals surface area contributed by atoms with Crippen molar-refractivity contribution < 1.29 is 4.79 Å². The molecule has 0 saturated carbocycles. The van der Waals surface area contributed by atoms with Gasteiger partial charge in [-0.15, -0.1) is 0 Å². The van der Waals surface area contributed by atoms with Crippen LogP contribution in [-0.2, 0) is 4.79 Å². The first-order chi connectivity index (χ1) is 7.65. The highest BCUT2D eigenvalue weighted by Gasteiger charge is 2.34. The second-order valence-electron chi connectivity index (χ2n) is 4.35. The summed E-state index contributed by atoms with van der Waals surface area (Å²) in [6, 6.07) is 6.02. The summed E-state index contributed by atoms with van der Waals surface area (Å²) in [6.45, 7) is 5.03. The molecule has 86 valence electrons. The molecule has 0 saturated heterocycles. The number of fused-ring (bicyclic) bond motifs is 1. The summed E-state index contributed by atoms with van der Waals surface area (Å²) >= 11 is 0. The molecule has 16 heavy (non-hydrogen) atoms. The second kappa shape index (κ2) is 4.26. The van der Waals surface area contributed by atoms with Gasteiger partial charge in [0, 0.05) is 18.3 Å². The van der Waals surface area contributed by atoms with Crippen LogP contribution in [-0.4, -0.2) is 19.5 Å². The minimum atomic E-state index is -0.153. The van der Waals surface area contributed by atoms with Crippen molar-refractivity contribution in [3.63, 3.8) is 0 Å². The van der Waals surface area contributed by atoms with Gasteiger partial charge in [0.05, 0.1) is 0 Å². The van der Waals surface area contributed by atoms with E-state index in [2.05, 4.69) is 25.2 Å². The quantitative estimate of drug-likeness (QED) is 0.841. The van der Waals surface area contributed by atoms with Crippen molar-refractivity contribution in [3.05, 3.63) is 29.3 Å². The van der Waals surface area contributed by atoms with Gasteiger partial charge >= 0.3 is 0 Å². The van der Waals surface area contributed by atoms with E-state index in [0.717, 1.165) is 24.2 Å². The van der Waals surface area contributed by atoms with Crippen molar-refractivity contribution in [2.45, 2.75) is 26.3 Å². The summed E-state index contributed by atoms with van der Waals surface area (Å²) in [6.07, 6.45) is 1.04. The number of rotatable bonds is 3. The van der Waals surface area contributed by atoms with Gasteiger partial charge in [-0.2, -0.15) is 0 Å². The minimum absolute atomic E-state index is 0.147. The highest BCUT2D eigenvalue weighted by atomic mass is 16.2. The summed E-state index contributed by atoms with van der Waals surface area (Å²) in [7, 11) is 1.84. The topological polar surface area (TPSA) is 32.3 Å². The monoisotopic (exact) mass is 218 g/mol. The molecule has 0 fully saturated rings. The molecule has 1 aromatic carbocycles. The minimum Gasteiger partial charge on any atom is -0.313 e. The SMILES string of the molecule is CCCNC1C(=O)N(C)c2ccc(C)cc21. The summed E-state index contributed by atoms with van der Waals surface area (Å²) < 4.78 is 0. The van der Waals surface area contributed by atoms with Crippen LogP contribution in [0, 0.1) is 6.92 Å². The summed E-state index contributed by atoms with van der Waals surface area (Å²) in [5.41, 5.74) is 3.34. The number of hydrogen-bond donors (Lipinski definition) is 1. The first kappa shape index (κ1) is 11.1. The van der Waals surface area contributed by atoms with Gasteiger partial charge in [-0.3, -0.25) is 4.79 Å². The van der Waals surface area contributed by atoms with E-state index in [4.69, 9.17) is 0 Å². The molecule has 0 aromatic heterocycles. The van der Waals surface area contributed by atoms with Crippen molar-refractivity contribution >= 4 is 11.6 Å². The second-order valence-corrected chi connectivity index (χ2v) is 4.35. The maximum Gasteiger partial charge on any atom is 0.248 e. The van der Waals surface area contributed by atoms with E-state index in [1.54, 1.807) is 4.90 Å². The normalized spacial score (nSPS) is 19.1. The fourth-order valence-electron chi connectivity index (χ4n) is 2.14. The molecule has 1 aromatic rings. The van der Waals surface area contributed by atoms with Crippen molar-refractivity contribution in [2.24, 2.45) is 0 Å². The largest absolute Gasteiger partial charge is 0.313 e. The zero-order valence-electron chi connectivity index (χ0n) is 10.1. The fourth-order valence-corrected chi connectivity index (χ4v) is 2.14. The predicted molar refractivity (Wildman–Crippen MR) is 65.6 cm³/mol. The third-order valence-corrected chi connectivity index (χ3v) is 3.03. The van der Waals surface area contributed by atoms with E-state index in [0.29, 0.717) is 0 Å². The highest BCUT2D eigenvalue weighted by Crippen LogP contribution is 2.35. The van der Waals surface area contributed by atoms with Crippen LogP contribution in [0.5, 0.6) is 0 Å². The Labute approximate surface area is 96.5 Å². The van der Waals surface area contributed by atoms with E-state index in [1.807, 2.05) is 19.2 Å². The lowest BCUT2D eigenvalue weighted by Crippen LogP contribution is -2.32. The number of anilines is 1. The van der Waals surface area contributed by atoms with Crippen LogP contribution < -0.4 is 10.2 Å². The van der Waals surface area contributed by atoms with Crippen molar-refractivity contribution in [2.75, 3.05) is 18.5 Å². The zero-order valence-corrected chi connectivity index (χ0v) is 10.1. The number of likely N-dealkylation sites (N-methyl/N-ethyl adjacent to an activating group) is 1. The number of hydrogen-bond acceptors (Lipinski definition) is 2. The molecular weight excluding hydrogens is 200 g/mol. The molecule has 1 aliphatic rings. The van der Waals surface area contributed by atoms with Crippen molar-refractivity contribution in [1.29, 1.82) is 0 Å². The van der Waals surface area contributed by atoms with Gasteiger partial charge < -0.3 is 10.2 Å². The van der Waals surface area contributed by atoms with Gasteiger partial charge in [-0.25, -0.2) is 0 Å². The highest BCUT2D eigenvalue weighted by molar-refractivity contribution is 6.04. The Morgan fingerprint density at radius 3 is 2.88 bits per heavy atom. The fraction of sp³-hybridized carbons (Fsp3) is 0.462. The molecule has 1 amide bonds. The molecule has 1 N–H and O–H groups in total. The molecular formula is C13H18N2O. The first-order valence-electron chi connectivity index (χ1n) is 5.76. The number of carbonyl (C=O) groups is 1. The van der Waals surface area contributed by atoms with E-state index < -0.39 is 0 Å². The number of nitrogens with one attached hydrogen (secondary N) is 1. The van der Waals surface area contributed by atoms with Crippen LogP contribution in [0.15, 0.2) is 18.2 Å². The summed E-state index contributed by atoms with van der Waals surface area (Å²) in [5.74, 6) is 0.147. The van der Waals surface area contributed by atoms with E-state index in [9.17, 15) is 4.79 Å². The van der Waals surface area contributed by atoms with Gasteiger partial charge in [-0.1, -0.05) is 24.6 Å². The number of nitrogens with zero attached hydrogens (tertiary/aromatic N) is 1. The zero-order chi connectivity index (χ0) is 11.7. The molecule has 1 atom stereocenters. The molecule has 1 unspecified atom stereocenters. The number of amides is 1. The van der Waals surface area contributed by atoms with Crippen molar-refractivity contribution in [1.82, 2.24) is 5.32 Å². The molecule has 0 radical (unpaired) electrons. The Bertz CT molecular complexity index is 414. The summed E-state index contributed by atoms with van der Waals surface area (Å²) in [5, 5.41) is 3.30. The molecule has 3 heteroatoms. The molecule has 1 heterocycles. The Kier molecular flexibility index (Phi) is 2.97. The van der Waals surface area contributed by atoms with Gasteiger partial charge in [0.2, 0.25) is 5.91 Å². The standard InChI is InChI=1S/C13H18N2O/c1-4-7-14-12-10-8-9(2)5-6-11(10)15(3)13(12)16/h5-6,8,12,14H,4,7H2,1-3H3. The average molecular weight is 218 g/mol. The van der Waals surface area contributed by atoms with Gasteiger partial charge in [0.1, 0.15) is 6.04 Å². The van der Waals surface area contributed by atoms with E-state index >= 15 is 0 Å². The Morgan fingerprint density at radius 1 is 1.44 bits per heavy atom. The van der Waals surface area contributed by atoms with E-state index in [1.165, 1.54) is 5.56 Å². The Balaban J connectivity index is 2.35.